The van der Waals surface area contributed by atoms with E-state index in [2.05, 4.69) is 10.3 Å². The van der Waals surface area contributed by atoms with E-state index in [0.717, 1.165) is 18.4 Å². The standard InChI is InChI=1S/C16H18ClN3/c17-14-9-6-13(7-10-14)8-11-16(19-12-18)20-15-4-2-1-3-5-15/h6-11,15H,1-5H2,(H,19,20). The lowest BCUT2D eigenvalue weighted by molar-refractivity contribution is 0.414. The molecule has 0 unspecified atom stereocenters. The number of nitrogens with one attached hydrogen (secondary N) is 1. The van der Waals surface area contributed by atoms with Crippen LogP contribution in [0.25, 0.3) is 6.08 Å². The number of halogens is 1. The number of aliphatic imine (C=N–C) groups is 1. The van der Waals surface area contributed by atoms with E-state index in [4.69, 9.17) is 16.9 Å². The third kappa shape index (κ3) is 4.71. The summed E-state index contributed by atoms with van der Waals surface area (Å²) in [6.07, 6.45) is 11.7. The highest BCUT2D eigenvalue weighted by atomic mass is 35.5. The van der Waals surface area contributed by atoms with Crippen molar-refractivity contribution in [3.05, 3.63) is 40.9 Å². The third-order valence-corrected chi connectivity index (χ3v) is 3.68. The maximum atomic E-state index is 8.77. The molecule has 4 heteroatoms. The number of amidine groups is 1. The Morgan fingerprint density at radius 2 is 1.95 bits per heavy atom. The Morgan fingerprint density at radius 1 is 1.25 bits per heavy atom. The molecule has 0 radical (unpaired) electrons. The molecule has 0 aromatic heterocycles. The van der Waals surface area contributed by atoms with E-state index < -0.39 is 0 Å². The van der Waals surface area contributed by atoms with Crippen LogP contribution in [0.15, 0.2) is 35.3 Å². The molecule has 0 aliphatic heterocycles. The number of hydrogen-bond donors (Lipinski definition) is 1. The Kier molecular flexibility index (Phi) is 5.64. The highest BCUT2D eigenvalue weighted by Gasteiger charge is 2.13. The summed E-state index contributed by atoms with van der Waals surface area (Å²) in [7, 11) is 0. The van der Waals surface area contributed by atoms with Crippen molar-refractivity contribution in [3.63, 3.8) is 0 Å². The van der Waals surface area contributed by atoms with Gasteiger partial charge in [0, 0.05) is 11.1 Å². The lowest BCUT2D eigenvalue weighted by Crippen LogP contribution is -2.35. The van der Waals surface area contributed by atoms with Crippen molar-refractivity contribution >= 4 is 23.5 Å². The largest absolute Gasteiger partial charge is 0.367 e. The van der Waals surface area contributed by atoms with Gasteiger partial charge in [-0.05, 0) is 36.6 Å². The number of nitrogens with zero attached hydrogens (tertiary/aromatic N) is 2. The quantitative estimate of drug-likeness (QED) is 0.516. The number of hydrogen-bond acceptors (Lipinski definition) is 2. The summed E-state index contributed by atoms with van der Waals surface area (Å²) in [6, 6.07) is 7.99. The topological polar surface area (TPSA) is 48.2 Å². The number of nitriles is 1. The molecule has 104 valence electrons. The minimum absolute atomic E-state index is 0.436. The van der Waals surface area contributed by atoms with Gasteiger partial charge in [-0.1, -0.05) is 49.1 Å². The first kappa shape index (κ1) is 14.6. The van der Waals surface area contributed by atoms with E-state index in [1.165, 1.54) is 19.3 Å². The maximum Gasteiger partial charge on any atom is 0.207 e. The molecule has 0 spiro atoms. The molecule has 0 atom stereocenters. The Balaban J connectivity index is 2.00. The summed E-state index contributed by atoms with van der Waals surface area (Å²) in [6.45, 7) is 0. The minimum Gasteiger partial charge on any atom is -0.367 e. The van der Waals surface area contributed by atoms with Gasteiger partial charge in [-0.3, -0.25) is 0 Å². The van der Waals surface area contributed by atoms with E-state index in [1.807, 2.05) is 42.6 Å². The molecule has 2 rings (SSSR count). The average Bonchev–Trinajstić information content (AvgIpc) is 2.48. The van der Waals surface area contributed by atoms with Crippen LogP contribution in [0.3, 0.4) is 0 Å². The third-order valence-electron chi connectivity index (χ3n) is 3.43. The second-order valence-electron chi connectivity index (χ2n) is 4.96. The van der Waals surface area contributed by atoms with Crippen LogP contribution < -0.4 is 5.32 Å². The lowest BCUT2D eigenvalue weighted by Gasteiger charge is -2.23. The van der Waals surface area contributed by atoms with Gasteiger partial charge in [-0.15, -0.1) is 0 Å². The van der Waals surface area contributed by atoms with Crippen LogP contribution in [-0.2, 0) is 0 Å². The molecule has 3 nitrogen and oxygen atoms in total. The van der Waals surface area contributed by atoms with Gasteiger partial charge in [0.15, 0.2) is 0 Å². The zero-order valence-electron chi connectivity index (χ0n) is 11.3. The fraction of sp³-hybridized carbons (Fsp3) is 0.375. The molecule has 1 saturated carbocycles. The molecule has 20 heavy (non-hydrogen) atoms. The molecule has 1 aromatic carbocycles. The van der Waals surface area contributed by atoms with E-state index >= 15 is 0 Å². The van der Waals surface area contributed by atoms with Crippen LogP contribution >= 0.6 is 11.6 Å². The second-order valence-corrected chi connectivity index (χ2v) is 5.40. The average molecular weight is 288 g/mol. The molecule has 1 aliphatic rings. The van der Waals surface area contributed by atoms with Crippen molar-refractivity contribution in [3.8, 4) is 6.19 Å². The van der Waals surface area contributed by atoms with Gasteiger partial charge in [0.2, 0.25) is 6.19 Å². The predicted molar refractivity (Wildman–Crippen MR) is 83.5 cm³/mol. The van der Waals surface area contributed by atoms with Crippen LogP contribution in [0.2, 0.25) is 5.02 Å². The Bertz CT molecular complexity index is 520. The van der Waals surface area contributed by atoms with Gasteiger partial charge in [0.05, 0.1) is 0 Å². The van der Waals surface area contributed by atoms with Crippen LogP contribution in [-0.4, -0.2) is 11.9 Å². The number of rotatable bonds is 3. The first-order valence-corrected chi connectivity index (χ1v) is 7.32. The second kappa shape index (κ2) is 7.72. The van der Waals surface area contributed by atoms with E-state index in [1.54, 1.807) is 0 Å². The van der Waals surface area contributed by atoms with Crippen LogP contribution in [0, 0.1) is 11.5 Å². The van der Waals surface area contributed by atoms with E-state index in [9.17, 15) is 0 Å². The molecule has 0 amide bonds. The molecule has 1 fully saturated rings. The predicted octanol–water partition coefficient (Wildman–Crippen LogP) is 4.16. The summed E-state index contributed by atoms with van der Waals surface area (Å²) in [5, 5.41) is 12.8. The zero-order valence-corrected chi connectivity index (χ0v) is 12.1. The minimum atomic E-state index is 0.436. The highest BCUT2D eigenvalue weighted by Crippen LogP contribution is 2.17. The summed E-state index contributed by atoms with van der Waals surface area (Å²) in [5.74, 6) is 0.634. The van der Waals surface area contributed by atoms with Crippen molar-refractivity contribution in [2.45, 2.75) is 38.1 Å². The molecule has 0 heterocycles. The van der Waals surface area contributed by atoms with E-state index in [-0.39, 0.29) is 0 Å². The van der Waals surface area contributed by atoms with Gasteiger partial charge in [-0.25, -0.2) is 0 Å². The Labute approximate surface area is 125 Å². The maximum absolute atomic E-state index is 8.77. The molecule has 0 saturated heterocycles. The summed E-state index contributed by atoms with van der Waals surface area (Å²) in [4.78, 5) is 3.85. The van der Waals surface area contributed by atoms with Crippen molar-refractivity contribution < 1.29 is 0 Å². The van der Waals surface area contributed by atoms with Crippen molar-refractivity contribution in [1.29, 1.82) is 5.26 Å². The molecular formula is C16H18ClN3. The molecule has 1 aromatic rings. The van der Waals surface area contributed by atoms with Crippen molar-refractivity contribution in [2.75, 3.05) is 0 Å². The van der Waals surface area contributed by atoms with Gasteiger partial charge < -0.3 is 5.32 Å². The van der Waals surface area contributed by atoms with Gasteiger partial charge >= 0.3 is 0 Å². The lowest BCUT2D eigenvalue weighted by atomic mass is 9.95. The van der Waals surface area contributed by atoms with Gasteiger partial charge in [0.1, 0.15) is 5.84 Å². The van der Waals surface area contributed by atoms with Crippen molar-refractivity contribution in [1.82, 2.24) is 5.32 Å². The first-order valence-electron chi connectivity index (χ1n) is 6.95. The normalized spacial score (nSPS) is 17.1. The summed E-state index contributed by atoms with van der Waals surface area (Å²) in [5.41, 5.74) is 1.03. The Morgan fingerprint density at radius 3 is 2.60 bits per heavy atom. The zero-order chi connectivity index (χ0) is 14.2. The molecule has 1 aliphatic carbocycles. The molecule has 1 N–H and O–H groups in total. The molecular weight excluding hydrogens is 270 g/mol. The molecule has 0 bridgehead atoms. The smallest absolute Gasteiger partial charge is 0.207 e. The van der Waals surface area contributed by atoms with Gasteiger partial charge in [-0.2, -0.15) is 10.3 Å². The van der Waals surface area contributed by atoms with E-state index in [0.29, 0.717) is 16.9 Å². The SMILES string of the molecule is N#CN=C(C=Cc1ccc(Cl)cc1)NC1CCCCC1. The van der Waals surface area contributed by atoms with Crippen LogP contribution in [0.4, 0.5) is 0 Å². The van der Waals surface area contributed by atoms with Crippen LogP contribution in [0.5, 0.6) is 0 Å². The van der Waals surface area contributed by atoms with Crippen LogP contribution in [0.1, 0.15) is 37.7 Å². The summed E-state index contributed by atoms with van der Waals surface area (Å²) < 4.78 is 0. The first-order chi connectivity index (χ1) is 9.78. The fourth-order valence-electron chi connectivity index (χ4n) is 2.38. The number of benzene rings is 1. The Hall–Kier alpha value is -1.79. The van der Waals surface area contributed by atoms with Crippen molar-refractivity contribution in [2.24, 2.45) is 4.99 Å². The highest BCUT2D eigenvalue weighted by molar-refractivity contribution is 6.30. The van der Waals surface area contributed by atoms with Gasteiger partial charge in [0.25, 0.3) is 0 Å². The fourth-order valence-corrected chi connectivity index (χ4v) is 2.50. The monoisotopic (exact) mass is 287 g/mol. The summed E-state index contributed by atoms with van der Waals surface area (Å²) >= 11 is 5.85.